The Bertz CT molecular complexity index is 491. The number of phenols is 1. The van der Waals surface area contributed by atoms with Crippen molar-refractivity contribution in [1.82, 2.24) is 4.98 Å². The van der Waals surface area contributed by atoms with Crippen molar-refractivity contribution in [3.63, 3.8) is 0 Å². The lowest BCUT2D eigenvalue weighted by Gasteiger charge is -2.01. The third kappa shape index (κ3) is 2.77. The van der Waals surface area contributed by atoms with Crippen LogP contribution in [-0.4, -0.2) is 10.1 Å². The molecule has 4 heteroatoms. The summed E-state index contributed by atoms with van der Waals surface area (Å²) in [5.74, 6) is 0.270. The summed E-state index contributed by atoms with van der Waals surface area (Å²) in [7, 11) is 0. The van der Waals surface area contributed by atoms with Crippen LogP contribution >= 0.6 is 11.3 Å². The number of hydrogen-bond acceptors (Lipinski definition) is 4. The van der Waals surface area contributed by atoms with E-state index in [1.54, 1.807) is 23.5 Å². The van der Waals surface area contributed by atoms with Crippen molar-refractivity contribution >= 4 is 16.5 Å². The minimum atomic E-state index is 0.270. The molecule has 0 atom stereocenters. The summed E-state index contributed by atoms with van der Waals surface area (Å²) in [6.07, 6.45) is 3.32. The second-order valence-corrected chi connectivity index (χ2v) is 5.09. The largest absolute Gasteiger partial charge is 0.508 e. The first kappa shape index (κ1) is 11.9. The van der Waals surface area contributed by atoms with Crippen molar-refractivity contribution in [3.8, 4) is 17.0 Å². The van der Waals surface area contributed by atoms with Gasteiger partial charge in [0.15, 0.2) is 5.13 Å². The van der Waals surface area contributed by atoms with Crippen LogP contribution in [0.4, 0.5) is 5.13 Å². The fourth-order valence-corrected chi connectivity index (χ4v) is 2.62. The molecule has 2 aromatic rings. The van der Waals surface area contributed by atoms with Crippen LogP contribution in [-0.2, 0) is 6.42 Å². The van der Waals surface area contributed by atoms with Crippen LogP contribution in [0.5, 0.6) is 5.75 Å². The van der Waals surface area contributed by atoms with E-state index in [2.05, 4.69) is 11.9 Å². The average molecular weight is 248 g/mol. The molecule has 3 N–H and O–H groups in total. The van der Waals surface area contributed by atoms with E-state index in [1.165, 1.54) is 4.88 Å². The Balaban J connectivity index is 2.33. The van der Waals surface area contributed by atoms with Crippen molar-refractivity contribution in [2.45, 2.75) is 26.2 Å². The normalized spacial score (nSPS) is 10.6. The molecule has 0 aliphatic heterocycles. The lowest BCUT2D eigenvalue weighted by molar-refractivity contribution is 0.475. The highest BCUT2D eigenvalue weighted by atomic mass is 32.1. The number of benzene rings is 1. The molecule has 1 aromatic heterocycles. The van der Waals surface area contributed by atoms with Crippen molar-refractivity contribution in [1.29, 1.82) is 0 Å². The number of thiazole rings is 1. The highest BCUT2D eigenvalue weighted by Gasteiger charge is 2.11. The summed E-state index contributed by atoms with van der Waals surface area (Å²) in [5.41, 5.74) is 7.75. The molecule has 0 saturated heterocycles. The van der Waals surface area contributed by atoms with Gasteiger partial charge in [-0.3, -0.25) is 0 Å². The fourth-order valence-electron chi connectivity index (χ4n) is 1.72. The summed E-state index contributed by atoms with van der Waals surface area (Å²) >= 11 is 1.56. The number of aromatic nitrogens is 1. The fraction of sp³-hybridized carbons (Fsp3) is 0.308. The molecule has 0 radical (unpaired) electrons. The molecule has 0 aliphatic rings. The topological polar surface area (TPSA) is 59.1 Å². The van der Waals surface area contributed by atoms with E-state index in [-0.39, 0.29) is 5.75 Å². The molecule has 0 spiro atoms. The minimum absolute atomic E-state index is 0.270. The van der Waals surface area contributed by atoms with E-state index in [0.717, 1.165) is 30.5 Å². The highest BCUT2D eigenvalue weighted by molar-refractivity contribution is 7.15. The molecular formula is C13H16N2OS. The van der Waals surface area contributed by atoms with Crippen molar-refractivity contribution in [3.05, 3.63) is 29.1 Å². The number of aromatic hydroxyl groups is 1. The van der Waals surface area contributed by atoms with Crippen LogP contribution in [0.3, 0.4) is 0 Å². The molecule has 0 unspecified atom stereocenters. The van der Waals surface area contributed by atoms with E-state index in [9.17, 15) is 5.11 Å². The molecule has 0 saturated carbocycles. The zero-order valence-corrected chi connectivity index (χ0v) is 10.6. The predicted molar refractivity (Wildman–Crippen MR) is 72.2 cm³/mol. The van der Waals surface area contributed by atoms with Gasteiger partial charge in [-0.15, -0.1) is 11.3 Å². The molecule has 0 aliphatic carbocycles. The van der Waals surface area contributed by atoms with Gasteiger partial charge in [-0.1, -0.05) is 13.3 Å². The third-order valence-electron chi connectivity index (χ3n) is 2.61. The molecule has 1 aromatic carbocycles. The number of aryl methyl sites for hydroxylation is 1. The lowest BCUT2D eigenvalue weighted by Crippen LogP contribution is -1.86. The summed E-state index contributed by atoms with van der Waals surface area (Å²) in [4.78, 5) is 5.61. The van der Waals surface area contributed by atoms with Crippen LogP contribution in [0.15, 0.2) is 24.3 Å². The van der Waals surface area contributed by atoms with Gasteiger partial charge in [0.05, 0.1) is 5.69 Å². The number of unbranched alkanes of at least 4 members (excludes halogenated alkanes) is 1. The Kier molecular flexibility index (Phi) is 3.64. The molecule has 3 nitrogen and oxygen atoms in total. The maximum absolute atomic E-state index is 9.28. The quantitative estimate of drug-likeness (QED) is 0.871. The van der Waals surface area contributed by atoms with Crippen molar-refractivity contribution in [2.24, 2.45) is 0 Å². The zero-order valence-electron chi connectivity index (χ0n) is 9.81. The van der Waals surface area contributed by atoms with Crippen LogP contribution in [0.25, 0.3) is 11.3 Å². The Morgan fingerprint density at radius 1 is 1.29 bits per heavy atom. The predicted octanol–water partition coefficient (Wildman–Crippen LogP) is 3.44. The monoisotopic (exact) mass is 248 g/mol. The molecule has 1 heterocycles. The van der Waals surface area contributed by atoms with Gasteiger partial charge in [-0.05, 0) is 37.1 Å². The molecule has 0 bridgehead atoms. The highest BCUT2D eigenvalue weighted by Crippen LogP contribution is 2.31. The second-order valence-electron chi connectivity index (χ2n) is 3.97. The van der Waals surface area contributed by atoms with Crippen molar-refractivity contribution < 1.29 is 5.11 Å². The Labute approximate surface area is 105 Å². The SMILES string of the molecule is CCCCc1sc(N)nc1-c1ccc(O)cc1. The van der Waals surface area contributed by atoms with Crippen molar-refractivity contribution in [2.75, 3.05) is 5.73 Å². The van der Waals surface area contributed by atoms with E-state index in [4.69, 9.17) is 5.73 Å². The summed E-state index contributed by atoms with van der Waals surface area (Å²) in [6, 6.07) is 7.10. The first-order chi connectivity index (χ1) is 8.20. The second kappa shape index (κ2) is 5.19. The van der Waals surface area contributed by atoms with Gasteiger partial charge >= 0.3 is 0 Å². The average Bonchev–Trinajstić information content (AvgIpc) is 2.69. The number of hydrogen-bond donors (Lipinski definition) is 2. The molecule has 90 valence electrons. The van der Waals surface area contributed by atoms with Gasteiger partial charge in [0.2, 0.25) is 0 Å². The minimum Gasteiger partial charge on any atom is -0.508 e. The standard InChI is InChI=1S/C13H16N2OS/c1-2-3-4-11-12(15-13(14)17-11)9-5-7-10(16)8-6-9/h5-8,16H,2-4H2,1H3,(H2,14,15). The lowest BCUT2D eigenvalue weighted by atomic mass is 10.1. The Morgan fingerprint density at radius 3 is 2.65 bits per heavy atom. The van der Waals surface area contributed by atoms with Gasteiger partial charge in [-0.2, -0.15) is 0 Å². The van der Waals surface area contributed by atoms with Crippen LogP contribution in [0.1, 0.15) is 24.6 Å². The first-order valence-electron chi connectivity index (χ1n) is 5.75. The first-order valence-corrected chi connectivity index (χ1v) is 6.57. The molecule has 2 rings (SSSR count). The van der Waals surface area contributed by atoms with E-state index < -0.39 is 0 Å². The summed E-state index contributed by atoms with van der Waals surface area (Å²) in [6.45, 7) is 2.17. The number of nitrogen functional groups attached to an aromatic ring is 1. The molecule has 0 fully saturated rings. The van der Waals surface area contributed by atoms with Crippen LogP contribution < -0.4 is 5.73 Å². The number of anilines is 1. The van der Waals surface area contributed by atoms with Gasteiger partial charge in [0.1, 0.15) is 5.75 Å². The maximum Gasteiger partial charge on any atom is 0.180 e. The van der Waals surface area contributed by atoms with Gasteiger partial charge in [0.25, 0.3) is 0 Å². The molecule has 0 amide bonds. The van der Waals surface area contributed by atoms with Gasteiger partial charge < -0.3 is 10.8 Å². The molecule has 17 heavy (non-hydrogen) atoms. The number of rotatable bonds is 4. The van der Waals surface area contributed by atoms with Crippen LogP contribution in [0, 0.1) is 0 Å². The Morgan fingerprint density at radius 2 is 2.00 bits per heavy atom. The number of nitrogens with two attached hydrogens (primary N) is 1. The Hall–Kier alpha value is -1.55. The summed E-state index contributed by atoms with van der Waals surface area (Å²) < 4.78 is 0. The molecular weight excluding hydrogens is 232 g/mol. The van der Waals surface area contributed by atoms with E-state index in [1.807, 2.05) is 12.1 Å². The van der Waals surface area contributed by atoms with Gasteiger partial charge in [0, 0.05) is 10.4 Å². The smallest absolute Gasteiger partial charge is 0.180 e. The number of nitrogens with zero attached hydrogens (tertiary/aromatic N) is 1. The van der Waals surface area contributed by atoms with Gasteiger partial charge in [-0.25, -0.2) is 4.98 Å². The summed E-state index contributed by atoms with van der Waals surface area (Å²) in [5, 5.41) is 9.89. The zero-order chi connectivity index (χ0) is 12.3. The third-order valence-corrected chi connectivity index (χ3v) is 3.56. The van der Waals surface area contributed by atoms with E-state index in [0.29, 0.717) is 5.13 Å². The van der Waals surface area contributed by atoms with E-state index >= 15 is 0 Å². The number of phenolic OH excluding ortho intramolecular Hbond substituents is 1. The maximum atomic E-state index is 9.28. The van der Waals surface area contributed by atoms with Crippen LogP contribution in [0.2, 0.25) is 0 Å².